The molecule has 0 aromatic heterocycles. The molecule has 0 atom stereocenters. The zero-order valence-corrected chi connectivity index (χ0v) is 11.7. The Hall–Kier alpha value is -0.120. The van der Waals surface area contributed by atoms with Crippen LogP contribution in [0.2, 0.25) is 0 Å². The predicted molar refractivity (Wildman–Crippen MR) is 71.0 cm³/mol. The number of hydrogen-bond donors (Lipinski definition) is 0. The van der Waals surface area contributed by atoms with Crippen LogP contribution in [0.4, 0.5) is 0 Å². The normalized spacial score (nSPS) is 11.6. The van der Waals surface area contributed by atoms with E-state index in [1.54, 1.807) is 0 Å². The average Bonchev–Trinajstić information content (AvgIpc) is 2.20. The highest BCUT2D eigenvalue weighted by Gasteiger charge is 1.94. The molecule has 0 bridgehead atoms. The Morgan fingerprint density at radius 3 is 1.75 bits per heavy atom. The number of nitrogens with zero attached hydrogens (tertiary/aromatic N) is 2. The second-order valence-corrected chi connectivity index (χ2v) is 4.99. The van der Waals surface area contributed by atoms with E-state index in [2.05, 4.69) is 38.0 Å². The van der Waals surface area contributed by atoms with Gasteiger partial charge in [-0.25, -0.2) is 0 Å². The Bertz CT molecular complexity index is 122. The van der Waals surface area contributed by atoms with Crippen LogP contribution in [0.3, 0.4) is 0 Å². The Morgan fingerprint density at radius 2 is 1.12 bits per heavy atom. The van der Waals surface area contributed by atoms with Gasteiger partial charge in [0.25, 0.3) is 0 Å². The third-order valence-corrected chi connectivity index (χ3v) is 2.54. The predicted octanol–water partition coefficient (Wildman–Crippen LogP) is 2.08. The summed E-state index contributed by atoms with van der Waals surface area (Å²) in [6.45, 7) is 4.19. The molecule has 0 saturated heterocycles. The highest BCUT2D eigenvalue weighted by Crippen LogP contribution is 2.01. The number of ether oxygens (including phenoxy) is 1. The molecule has 0 aromatic carbocycles. The van der Waals surface area contributed by atoms with E-state index < -0.39 is 0 Å². The molecule has 98 valence electrons. The minimum atomic E-state index is 0.913. The first-order valence-corrected chi connectivity index (χ1v) is 6.50. The maximum absolute atomic E-state index is 5.57. The summed E-state index contributed by atoms with van der Waals surface area (Å²) in [6, 6.07) is 0. The van der Waals surface area contributed by atoms with Crippen LogP contribution in [0.15, 0.2) is 0 Å². The highest BCUT2D eigenvalue weighted by molar-refractivity contribution is 4.47. The second-order valence-electron chi connectivity index (χ2n) is 4.99. The molecule has 0 aliphatic carbocycles. The first kappa shape index (κ1) is 15.9. The van der Waals surface area contributed by atoms with Crippen molar-refractivity contribution < 1.29 is 4.74 Å². The molecule has 3 heteroatoms. The van der Waals surface area contributed by atoms with Crippen LogP contribution in [0.25, 0.3) is 0 Å². The molecular weight excluding hydrogens is 200 g/mol. The van der Waals surface area contributed by atoms with E-state index in [9.17, 15) is 0 Å². The standard InChI is InChI=1S/C13H30N2O/c1-14(2)10-7-5-6-8-12-16-13-9-11-15(3)4/h5-13H2,1-4H3. The van der Waals surface area contributed by atoms with Crippen molar-refractivity contribution in [3.05, 3.63) is 0 Å². The van der Waals surface area contributed by atoms with Gasteiger partial charge in [0.2, 0.25) is 0 Å². The van der Waals surface area contributed by atoms with E-state index in [1.165, 1.54) is 32.2 Å². The monoisotopic (exact) mass is 230 g/mol. The molecule has 0 radical (unpaired) electrons. The molecule has 0 rings (SSSR count). The van der Waals surface area contributed by atoms with Crippen molar-refractivity contribution in [2.24, 2.45) is 0 Å². The lowest BCUT2D eigenvalue weighted by molar-refractivity contribution is 0.122. The van der Waals surface area contributed by atoms with Crippen molar-refractivity contribution >= 4 is 0 Å². The summed E-state index contributed by atoms with van der Waals surface area (Å²) in [7, 11) is 8.47. The summed E-state index contributed by atoms with van der Waals surface area (Å²) in [5.41, 5.74) is 0. The summed E-state index contributed by atoms with van der Waals surface area (Å²) in [4.78, 5) is 4.45. The van der Waals surface area contributed by atoms with Crippen LogP contribution in [0.5, 0.6) is 0 Å². The number of rotatable bonds is 11. The molecule has 0 unspecified atom stereocenters. The van der Waals surface area contributed by atoms with Gasteiger partial charge in [-0.2, -0.15) is 0 Å². The lowest BCUT2D eigenvalue weighted by Gasteiger charge is -2.10. The fourth-order valence-electron chi connectivity index (χ4n) is 1.57. The molecular formula is C13H30N2O. The van der Waals surface area contributed by atoms with Gasteiger partial charge in [-0.05, 0) is 60.5 Å². The Labute approximate surface area is 102 Å². The zero-order valence-electron chi connectivity index (χ0n) is 11.7. The van der Waals surface area contributed by atoms with E-state index >= 15 is 0 Å². The van der Waals surface area contributed by atoms with E-state index in [1.807, 2.05) is 0 Å². The van der Waals surface area contributed by atoms with Gasteiger partial charge in [-0.3, -0.25) is 0 Å². The molecule has 0 N–H and O–H groups in total. The molecule has 0 aliphatic heterocycles. The summed E-state index contributed by atoms with van der Waals surface area (Å²) in [5, 5.41) is 0. The molecule has 3 nitrogen and oxygen atoms in total. The maximum atomic E-state index is 5.57. The first-order valence-electron chi connectivity index (χ1n) is 6.50. The highest BCUT2D eigenvalue weighted by atomic mass is 16.5. The van der Waals surface area contributed by atoms with Gasteiger partial charge in [-0.1, -0.05) is 12.8 Å². The third-order valence-electron chi connectivity index (χ3n) is 2.54. The van der Waals surface area contributed by atoms with E-state index in [0.717, 1.165) is 26.2 Å². The van der Waals surface area contributed by atoms with Crippen molar-refractivity contribution in [3.8, 4) is 0 Å². The summed E-state index contributed by atoms with van der Waals surface area (Å²) < 4.78 is 5.57. The van der Waals surface area contributed by atoms with Crippen LogP contribution in [0, 0.1) is 0 Å². The van der Waals surface area contributed by atoms with Gasteiger partial charge in [0.05, 0.1) is 0 Å². The Balaban J connectivity index is 2.93. The van der Waals surface area contributed by atoms with Crippen LogP contribution in [-0.2, 0) is 4.74 Å². The van der Waals surface area contributed by atoms with Gasteiger partial charge in [-0.15, -0.1) is 0 Å². The zero-order chi connectivity index (χ0) is 12.2. The summed E-state index contributed by atoms with van der Waals surface area (Å²) in [5.74, 6) is 0. The van der Waals surface area contributed by atoms with Crippen LogP contribution in [0.1, 0.15) is 32.1 Å². The largest absolute Gasteiger partial charge is 0.381 e. The van der Waals surface area contributed by atoms with Crippen molar-refractivity contribution in [1.29, 1.82) is 0 Å². The fraction of sp³-hybridized carbons (Fsp3) is 1.00. The molecule has 0 fully saturated rings. The molecule has 0 saturated carbocycles. The van der Waals surface area contributed by atoms with Gasteiger partial charge in [0, 0.05) is 13.2 Å². The molecule has 16 heavy (non-hydrogen) atoms. The SMILES string of the molecule is CN(C)CCCCCCOCCCN(C)C. The quantitative estimate of drug-likeness (QED) is 0.505. The van der Waals surface area contributed by atoms with Gasteiger partial charge < -0.3 is 14.5 Å². The number of unbranched alkanes of at least 4 members (excludes halogenated alkanes) is 3. The minimum Gasteiger partial charge on any atom is -0.381 e. The maximum Gasteiger partial charge on any atom is 0.0478 e. The third kappa shape index (κ3) is 13.9. The smallest absolute Gasteiger partial charge is 0.0478 e. The first-order chi connectivity index (χ1) is 7.63. The van der Waals surface area contributed by atoms with Gasteiger partial charge >= 0.3 is 0 Å². The van der Waals surface area contributed by atoms with Crippen LogP contribution >= 0.6 is 0 Å². The molecule has 0 aliphatic rings. The average molecular weight is 230 g/mol. The number of hydrogen-bond acceptors (Lipinski definition) is 3. The van der Waals surface area contributed by atoms with Crippen molar-refractivity contribution in [2.75, 3.05) is 54.5 Å². The van der Waals surface area contributed by atoms with E-state index in [4.69, 9.17) is 4.74 Å². The van der Waals surface area contributed by atoms with Crippen molar-refractivity contribution in [1.82, 2.24) is 9.80 Å². The lowest BCUT2D eigenvalue weighted by Crippen LogP contribution is -2.15. The molecule has 0 heterocycles. The topological polar surface area (TPSA) is 15.7 Å². The van der Waals surface area contributed by atoms with Crippen LogP contribution < -0.4 is 0 Å². The second kappa shape index (κ2) is 11.4. The van der Waals surface area contributed by atoms with Crippen LogP contribution in [-0.4, -0.2) is 64.3 Å². The Kier molecular flexibility index (Phi) is 11.3. The Morgan fingerprint density at radius 1 is 0.625 bits per heavy atom. The molecule has 0 spiro atoms. The fourth-order valence-corrected chi connectivity index (χ4v) is 1.57. The van der Waals surface area contributed by atoms with E-state index in [-0.39, 0.29) is 0 Å². The molecule has 0 aromatic rings. The van der Waals surface area contributed by atoms with Gasteiger partial charge in [0.1, 0.15) is 0 Å². The summed E-state index contributed by atoms with van der Waals surface area (Å²) in [6.07, 6.45) is 6.32. The summed E-state index contributed by atoms with van der Waals surface area (Å²) >= 11 is 0. The van der Waals surface area contributed by atoms with Crippen molar-refractivity contribution in [3.63, 3.8) is 0 Å². The van der Waals surface area contributed by atoms with Gasteiger partial charge in [0.15, 0.2) is 0 Å². The van der Waals surface area contributed by atoms with E-state index in [0.29, 0.717) is 0 Å². The van der Waals surface area contributed by atoms with Crippen molar-refractivity contribution in [2.45, 2.75) is 32.1 Å². The molecule has 0 amide bonds. The minimum absolute atomic E-state index is 0.913. The lowest BCUT2D eigenvalue weighted by atomic mass is 10.2.